The van der Waals surface area contributed by atoms with Crippen molar-refractivity contribution in [1.29, 1.82) is 0 Å². The molecule has 8 heteroatoms. The number of aromatic nitrogens is 2. The van der Waals surface area contributed by atoms with Crippen LogP contribution in [0.25, 0.3) is 0 Å². The lowest BCUT2D eigenvalue weighted by Crippen LogP contribution is -2.40. The molecule has 1 aliphatic carbocycles. The number of thioether (sulfide) groups is 1. The minimum atomic E-state index is -0.0704. The maximum absolute atomic E-state index is 12.6. The number of rotatable bonds is 7. The number of carbonyl (C=O) groups excluding carboxylic acids is 1. The van der Waals surface area contributed by atoms with Gasteiger partial charge in [0.05, 0.1) is 19.0 Å². The molecule has 0 bridgehead atoms. The second-order valence-corrected chi connectivity index (χ2v) is 9.89. The van der Waals surface area contributed by atoms with Crippen molar-refractivity contribution in [1.82, 2.24) is 14.9 Å². The Morgan fingerprint density at radius 2 is 1.94 bits per heavy atom. The summed E-state index contributed by atoms with van der Waals surface area (Å²) < 4.78 is 11.2. The average molecular weight is 459 g/mol. The second-order valence-electron chi connectivity index (χ2n) is 8.95. The van der Waals surface area contributed by atoms with E-state index in [1.165, 1.54) is 32.1 Å². The molecule has 32 heavy (non-hydrogen) atoms. The van der Waals surface area contributed by atoms with E-state index in [1.54, 1.807) is 22.7 Å². The summed E-state index contributed by atoms with van der Waals surface area (Å²) in [7, 11) is 2.16. The number of amides is 1. The van der Waals surface area contributed by atoms with E-state index in [0.29, 0.717) is 49.8 Å². The normalized spacial score (nSPS) is 17.7. The van der Waals surface area contributed by atoms with Gasteiger partial charge < -0.3 is 19.0 Å². The van der Waals surface area contributed by atoms with E-state index >= 15 is 0 Å². The van der Waals surface area contributed by atoms with Crippen LogP contribution in [0.5, 0.6) is 0 Å². The van der Waals surface area contributed by atoms with Gasteiger partial charge in [0.2, 0.25) is 0 Å². The summed E-state index contributed by atoms with van der Waals surface area (Å²) in [5, 5.41) is 0.756. The van der Waals surface area contributed by atoms with Gasteiger partial charge in [-0.25, -0.2) is 9.97 Å². The number of hydrogen-bond acceptors (Lipinski definition) is 7. The Morgan fingerprint density at radius 1 is 1.19 bits per heavy atom. The zero-order chi connectivity index (χ0) is 22.5. The largest absolute Gasteiger partial charge is 0.455 e. The lowest BCUT2D eigenvalue weighted by Gasteiger charge is -2.32. The molecule has 0 aromatic carbocycles. The molecular weight excluding hydrogens is 424 g/mol. The first-order chi connectivity index (χ1) is 15.5. The van der Waals surface area contributed by atoms with Gasteiger partial charge >= 0.3 is 0 Å². The van der Waals surface area contributed by atoms with Gasteiger partial charge in [-0.1, -0.05) is 44.9 Å². The van der Waals surface area contributed by atoms with Crippen LogP contribution in [0.1, 0.15) is 73.9 Å². The van der Waals surface area contributed by atoms with Crippen molar-refractivity contribution in [2.45, 2.75) is 68.8 Å². The van der Waals surface area contributed by atoms with Crippen molar-refractivity contribution < 1.29 is 13.9 Å². The van der Waals surface area contributed by atoms with Crippen LogP contribution < -0.4 is 4.90 Å². The third kappa shape index (κ3) is 5.64. The van der Waals surface area contributed by atoms with E-state index in [0.717, 1.165) is 22.4 Å². The van der Waals surface area contributed by atoms with Gasteiger partial charge in [0.1, 0.15) is 11.6 Å². The van der Waals surface area contributed by atoms with Crippen molar-refractivity contribution in [2.75, 3.05) is 38.3 Å². The van der Waals surface area contributed by atoms with Crippen molar-refractivity contribution >= 4 is 23.5 Å². The van der Waals surface area contributed by atoms with E-state index in [4.69, 9.17) is 19.1 Å². The predicted octanol–water partition coefficient (Wildman–Crippen LogP) is 4.73. The summed E-state index contributed by atoms with van der Waals surface area (Å²) in [6, 6.07) is 6.33. The fourth-order valence-electron chi connectivity index (χ4n) is 4.26. The Hall–Kier alpha value is -2.06. The highest BCUT2D eigenvalue weighted by Crippen LogP contribution is 2.29. The molecule has 0 spiro atoms. The monoisotopic (exact) mass is 458 g/mol. The Morgan fingerprint density at radius 3 is 2.66 bits per heavy atom. The Labute approximate surface area is 194 Å². The van der Waals surface area contributed by atoms with Crippen LogP contribution in [-0.2, 0) is 10.5 Å². The van der Waals surface area contributed by atoms with Gasteiger partial charge in [-0.05, 0) is 30.9 Å². The molecule has 0 unspecified atom stereocenters. The van der Waals surface area contributed by atoms with Crippen LogP contribution in [0.4, 0.5) is 5.82 Å². The summed E-state index contributed by atoms with van der Waals surface area (Å²) in [6.07, 6.45) is 6.38. The molecule has 2 fully saturated rings. The van der Waals surface area contributed by atoms with Gasteiger partial charge in [0.25, 0.3) is 5.91 Å². The number of anilines is 1. The number of hydrogen-bond donors (Lipinski definition) is 0. The van der Waals surface area contributed by atoms with Gasteiger partial charge in [-0.2, -0.15) is 0 Å². The Bertz CT molecular complexity index is 904. The van der Waals surface area contributed by atoms with Crippen LogP contribution in [0, 0.1) is 0 Å². The molecule has 3 heterocycles. The van der Waals surface area contributed by atoms with Crippen molar-refractivity contribution in [3.8, 4) is 0 Å². The number of morpholine rings is 1. The molecular formula is C24H34N4O3S. The summed E-state index contributed by atoms with van der Waals surface area (Å²) in [5.74, 6) is 2.99. The van der Waals surface area contributed by atoms with Crippen LogP contribution in [-0.4, -0.2) is 60.2 Å². The number of carbonyl (C=O) groups is 1. The smallest absolute Gasteiger partial charge is 0.289 e. The average Bonchev–Trinajstić information content (AvgIpc) is 3.32. The Kier molecular flexibility index (Phi) is 7.73. The summed E-state index contributed by atoms with van der Waals surface area (Å²) in [6.45, 7) is 6.70. The molecule has 0 N–H and O–H groups in total. The van der Waals surface area contributed by atoms with Gasteiger partial charge in [-0.3, -0.25) is 4.79 Å². The van der Waals surface area contributed by atoms with Crippen LogP contribution >= 0.6 is 11.8 Å². The van der Waals surface area contributed by atoms with Crippen LogP contribution in [0.2, 0.25) is 0 Å². The second kappa shape index (κ2) is 10.7. The molecule has 1 saturated carbocycles. The highest BCUT2D eigenvalue weighted by molar-refractivity contribution is 7.98. The van der Waals surface area contributed by atoms with Gasteiger partial charge in [0.15, 0.2) is 10.9 Å². The molecule has 7 nitrogen and oxygen atoms in total. The highest BCUT2D eigenvalue weighted by Gasteiger charge is 2.23. The van der Waals surface area contributed by atoms with E-state index in [1.807, 2.05) is 6.07 Å². The third-order valence-electron chi connectivity index (χ3n) is 6.30. The van der Waals surface area contributed by atoms with E-state index < -0.39 is 0 Å². The molecule has 2 aromatic heterocycles. The number of furan rings is 1. The maximum Gasteiger partial charge on any atom is 0.289 e. The molecule has 0 atom stereocenters. The van der Waals surface area contributed by atoms with Crippen LogP contribution in [0.3, 0.4) is 0 Å². The van der Waals surface area contributed by atoms with Gasteiger partial charge in [0, 0.05) is 37.9 Å². The highest BCUT2D eigenvalue weighted by atomic mass is 32.2. The predicted molar refractivity (Wildman–Crippen MR) is 126 cm³/mol. The minimum absolute atomic E-state index is 0.0704. The van der Waals surface area contributed by atoms with Crippen molar-refractivity contribution in [2.24, 2.45) is 0 Å². The fourth-order valence-corrected chi connectivity index (χ4v) is 5.01. The summed E-state index contributed by atoms with van der Waals surface area (Å²) in [5.41, 5.74) is 1.06. The molecule has 1 saturated heterocycles. The molecule has 174 valence electrons. The lowest BCUT2D eigenvalue weighted by molar-refractivity contribution is 0.0282. The van der Waals surface area contributed by atoms with Crippen LogP contribution in [0.15, 0.2) is 27.8 Å². The first kappa shape index (κ1) is 23.1. The molecule has 2 aliphatic rings. The minimum Gasteiger partial charge on any atom is -0.455 e. The van der Waals surface area contributed by atoms with Gasteiger partial charge in [-0.15, -0.1) is 0 Å². The first-order valence-corrected chi connectivity index (χ1v) is 12.7. The summed E-state index contributed by atoms with van der Waals surface area (Å²) >= 11 is 1.56. The quantitative estimate of drug-likeness (QED) is 0.439. The maximum atomic E-state index is 12.6. The number of ether oxygens (including phenoxy) is 1. The molecule has 4 rings (SSSR count). The zero-order valence-electron chi connectivity index (χ0n) is 19.4. The Balaban J connectivity index is 1.44. The third-order valence-corrected chi connectivity index (χ3v) is 7.17. The van der Waals surface area contributed by atoms with E-state index in [-0.39, 0.29) is 5.91 Å². The summed E-state index contributed by atoms with van der Waals surface area (Å²) in [4.78, 5) is 26.4. The SMILES string of the molecule is CC(C)c1cc(N(C)C2CCCCC2)nc(SCc2ccc(C(=O)N3CCOCC3)o2)n1. The molecule has 1 amide bonds. The number of nitrogens with zero attached hydrogens (tertiary/aromatic N) is 4. The molecule has 1 aliphatic heterocycles. The standard InChI is InChI=1S/C24H34N4O3S/c1-17(2)20-15-22(27(3)18-7-5-4-6-8-18)26-24(25-20)32-16-19-9-10-21(31-19)23(29)28-11-13-30-14-12-28/h9-10,15,17-18H,4-8,11-14,16H2,1-3H3. The zero-order valence-corrected chi connectivity index (χ0v) is 20.2. The fraction of sp³-hybridized carbons (Fsp3) is 0.625. The topological polar surface area (TPSA) is 71.7 Å². The lowest BCUT2D eigenvalue weighted by atomic mass is 9.94. The molecule has 0 radical (unpaired) electrons. The molecule has 2 aromatic rings. The van der Waals surface area contributed by atoms with E-state index in [9.17, 15) is 4.79 Å². The first-order valence-electron chi connectivity index (χ1n) is 11.7. The van der Waals surface area contributed by atoms with Crippen molar-refractivity contribution in [3.63, 3.8) is 0 Å². The van der Waals surface area contributed by atoms with Crippen molar-refractivity contribution in [3.05, 3.63) is 35.4 Å². The van der Waals surface area contributed by atoms with E-state index in [2.05, 4.69) is 31.9 Å².